The van der Waals surface area contributed by atoms with E-state index in [1.54, 1.807) is 25.3 Å². The van der Waals surface area contributed by atoms with E-state index in [0.717, 1.165) is 11.1 Å². The summed E-state index contributed by atoms with van der Waals surface area (Å²) >= 11 is 0. The lowest BCUT2D eigenvalue weighted by Gasteiger charge is -2.09. The van der Waals surface area contributed by atoms with Gasteiger partial charge in [-0.1, -0.05) is 6.07 Å². The molecule has 5 heteroatoms. The molecular weight excluding hydrogens is 316 g/mol. The van der Waals surface area contributed by atoms with Crippen LogP contribution in [-0.2, 0) is 4.79 Å². The number of aryl methyl sites for hydroxylation is 2. The van der Waals surface area contributed by atoms with Crippen molar-refractivity contribution in [3.8, 4) is 17.6 Å². The van der Waals surface area contributed by atoms with Crippen molar-refractivity contribution in [3.05, 3.63) is 58.7 Å². The van der Waals surface area contributed by atoms with Crippen LogP contribution in [0, 0.1) is 25.2 Å². The maximum Gasteiger partial charge on any atom is 0.266 e. The minimum absolute atomic E-state index is 0.0225. The van der Waals surface area contributed by atoms with Gasteiger partial charge in [0.05, 0.1) is 14.2 Å². The fraction of sp³-hybridized carbons (Fsp3) is 0.200. The zero-order chi connectivity index (χ0) is 18.4. The largest absolute Gasteiger partial charge is 0.497 e. The van der Waals surface area contributed by atoms with Crippen molar-refractivity contribution in [1.82, 2.24) is 0 Å². The number of amides is 1. The quantitative estimate of drug-likeness (QED) is 0.665. The Bertz CT molecular complexity index is 843. The van der Waals surface area contributed by atoms with Gasteiger partial charge in [-0.25, -0.2) is 0 Å². The minimum Gasteiger partial charge on any atom is -0.497 e. The van der Waals surface area contributed by atoms with E-state index in [4.69, 9.17) is 9.47 Å². The van der Waals surface area contributed by atoms with E-state index in [-0.39, 0.29) is 5.57 Å². The third kappa shape index (κ3) is 4.61. The van der Waals surface area contributed by atoms with E-state index in [2.05, 4.69) is 5.32 Å². The smallest absolute Gasteiger partial charge is 0.266 e. The molecule has 0 saturated heterocycles. The molecular formula is C20H20N2O3. The monoisotopic (exact) mass is 336 g/mol. The molecule has 2 aromatic carbocycles. The van der Waals surface area contributed by atoms with Gasteiger partial charge in [-0.05, 0) is 61.4 Å². The Morgan fingerprint density at radius 1 is 1.08 bits per heavy atom. The van der Waals surface area contributed by atoms with Gasteiger partial charge in [-0.3, -0.25) is 4.79 Å². The number of ether oxygens (including phenoxy) is 2. The van der Waals surface area contributed by atoms with Crippen LogP contribution in [-0.4, -0.2) is 20.1 Å². The third-order valence-corrected chi connectivity index (χ3v) is 3.58. The van der Waals surface area contributed by atoms with Crippen molar-refractivity contribution in [2.24, 2.45) is 0 Å². The normalized spacial score (nSPS) is 10.8. The maximum absolute atomic E-state index is 12.5. The topological polar surface area (TPSA) is 71.3 Å². The molecule has 0 aromatic heterocycles. The van der Waals surface area contributed by atoms with Crippen LogP contribution in [0.2, 0.25) is 0 Å². The van der Waals surface area contributed by atoms with Gasteiger partial charge >= 0.3 is 0 Å². The van der Waals surface area contributed by atoms with Gasteiger partial charge in [-0.15, -0.1) is 0 Å². The highest BCUT2D eigenvalue weighted by Crippen LogP contribution is 2.26. The fourth-order valence-corrected chi connectivity index (χ4v) is 2.50. The second kappa shape index (κ2) is 8.02. The van der Waals surface area contributed by atoms with Gasteiger partial charge in [-0.2, -0.15) is 5.26 Å². The summed E-state index contributed by atoms with van der Waals surface area (Å²) in [6.45, 7) is 3.90. The fourth-order valence-electron chi connectivity index (χ4n) is 2.50. The maximum atomic E-state index is 12.5. The van der Waals surface area contributed by atoms with Crippen molar-refractivity contribution in [3.63, 3.8) is 0 Å². The van der Waals surface area contributed by atoms with Gasteiger partial charge < -0.3 is 14.8 Å². The first-order valence-electron chi connectivity index (χ1n) is 7.70. The Balaban J connectivity index is 2.34. The number of benzene rings is 2. The number of nitrogens with one attached hydrogen (secondary N) is 1. The second-order valence-electron chi connectivity index (χ2n) is 5.61. The van der Waals surface area contributed by atoms with Crippen LogP contribution >= 0.6 is 0 Å². The molecule has 1 amide bonds. The number of nitriles is 1. The molecule has 0 radical (unpaired) electrons. The van der Waals surface area contributed by atoms with E-state index in [0.29, 0.717) is 22.7 Å². The van der Waals surface area contributed by atoms with Crippen molar-refractivity contribution >= 4 is 17.7 Å². The molecule has 1 N–H and O–H groups in total. The molecule has 0 heterocycles. The molecule has 0 atom stereocenters. The van der Waals surface area contributed by atoms with Crippen molar-refractivity contribution in [1.29, 1.82) is 5.26 Å². The molecule has 0 fully saturated rings. The summed E-state index contributed by atoms with van der Waals surface area (Å²) in [6, 6.07) is 12.8. The SMILES string of the molecule is COc1ccc(OC)c(C=C(C#N)C(=O)Nc2cc(C)cc(C)c2)c1. The van der Waals surface area contributed by atoms with Gasteiger partial charge in [0.25, 0.3) is 5.91 Å². The number of carbonyl (C=O) groups excluding carboxylic acids is 1. The lowest BCUT2D eigenvalue weighted by atomic mass is 10.1. The first-order valence-corrected chi connectivity index (χ1v) is 7.70. The lowest BCUT2D eigenvalue weighted by Crippen LogP contribution is -2.13. The molecule has 5 nitrogen and oxygen atoms in total. The number of anilines is 1. The molecule has 0 aliphatic carbocycles. The third-order valence-electron chi connectivity index (χ3n) is 3.58. The highest BCUT2D eigenvalue weighted by Gasteiger charge is 2.12. The Morgan fingerprint density at radius 3 is 2.32 bits per heavy atom. The van der Waals surface area contributed by atoms with E-state index in [1.165, 1.54) is 13.2 Å². The van der Waals surface area contributed by atoms with Crippen LogP contribution in [0.1, 0.15) is 16.7 Å². The summed E-state index contributed by atoms with van der Waals surface area (Å²) in [5.74, 6) is 0.684. The van der Waals surface area contributed by atoms with E-state index in [9.17, 15) is 10.1 Å². The van der Waals surface area contributed by atoms with Crippen LogP contribution in [0.4, 0.5) is 5.69 Å². The zero-order valence-electron chi connectivity index (χ0n) is 14.7. The van der Waals surface area contributed by atoms with Crippen molar-refractivity contribution in [2.45, 2.75) is 13.8 Å². The number of hydrogen-bond donors (Lipinski definition) is 1. The van der Waals surface area contributed by atoms with Crippen molar-refractivity contribution < 1.29 is 14.3 Å². The van der Waals surface area contributed by atoms with Gasteiger partial charge in [0.2, 0.25) is 0 Å². The molecule has 0 aliphatic heterocycles. The van der Waals surface area contributed by atoms with Crippen LogP contribution < -0.4 is 14.8 Å². The summed E-state index contributed by atoms with van der Waals surface area (Å²) in [6.07, 6.45) is 1.49. The van der Waals surface area contributed by atoms with Crippen LogP contribution in [0.25, 0.3) is 6.08 Å². The summed E-state index contributed by atoms with van der Waals surface area (Å²) < 4.78 is 10.5. The Hall–Kier alpha value is -3.26. The molecule has 2 aromatic rings. The lowest BCUT2D eigenvalue weighted by molar-refractivity contribution is -0.112. The Kier molecular flexibility index (Phi) is 5.80. The molecule has 0 aliphatic rings. The highest BCUT2D eigenvalue weighted by atomic mass is 16.5. The molecule has 0 bridgehead atoms. The van der Waals surface area contributed by atoms with Crippen molar-refractivity contribution in [2.75, 3.05) is 19.5 Å². The predicted octanol–water partition coefficient (Wildman–Crippen LogP) is 3.87. The van der Waals surface area contributed by atoms with Crippen LogP contribution in [0.3, 0.4) is 0 Å². The van der Waals surface area contributed by atoms with Crippen LogP contribution in [0.15, 0.2) is 42.0 Å². The molecule has 2 rings (SSSR count). The standard InChI is InChI=1S/C20H20N2O3/c1-13-7-14(2)9-17(8-13)22-20(23)16(12-21)10-15-11-18(24-3)5-6-19(15)25-4/h5-11H,1-4H3,(H,22,23). The van der Waals surface area contributed by atoms with E-state index in [1.807, 2.05) is 38.1 Å². The minimum atomic E-state index is -0.475. The number of methoxy groups -OCH3 is 2. The Labute approximate surface area is 147 Å². The average molecular weight is 336 g/mol. The molecule has 0 unspecified atom stereocenters. The summed E-state index contributed by atoms with van der Waals surface area (Å²) in [5.41, 5.74) is 3.29. The molecule has 25 heavy (non-hydrogen) atoms. The van der Waals surface area contributed by atoms with Gasteiger partial charge in [0.15, 0.2) is 0 Å². The zero-order valence-corrected chi connectivity index (χ0v) is 14.7. The number of nitrogens with zero attached hydrogens (tertiary/aromatic N) is 1. The van der Waals surface area contributed by atoms with E-state index < -0.39 is 5.91 Å². The predicted molar refractivity (Wildman–Crippen MR) is 97.7 cm³/mol. The summed E-state index contributed by atoms with van der Waals surface area (Å²) in [7, 11) is 3.08. The first-order chi connectivity index (χ1) is 12.0. The number of hydrogen-bond acceptors (Lipinski definition) is 4. The molecule has 128 valence electrons. The summed E-state index contributed by atoms with van der Waals surface area (Å²) in [5, 5.41) is 12.1. The van der Waals surface area contributed by atoms with E-state index >= 15 is 0 Å². The molecule has 0 spiro atoms. The number of carbonyl (C=O) groups is 1. The molecule has 0 saturated carbocycles. The number of rotatable bonds is 5. The second-order valence-corrected chi connectivity index (χ2v) is 5.61. The average Bonchev–Trinajstić information content (AvgIpc) is 2.58. The van der Waals surface area contributed by atoms with Crippen LogP contribution in [0.5, 0.6) is 11.5 Å². The van der Waals surface area contributed by atoms with Gasteiger partial charge in [0.1, 0.15) is 23.1 Å². The summed E-state index contributed by atoms with van der Waals surface area (Å²) in [4.78, 5) is 12.5. The van der Waals surface area contributed by atoms with Gasteiger partial charge in [0, 0.05) is 11.3 Å². The first kappa shape index (κ1) is 18.1. The highest BCUT2D eigenvalue weighted by molar-refractivity contribution is 6.09. The Morgan fingerprint density at radius 2 is 1.76 bits per heavy atom.